The van der Waals surface area contributed by atoms with Crippen LogP contribution in [0.1, 0.15) is 50.5 Å². The lowest BCUT2D eigenvalue weighted by Crippen LogP contribution is -2.39. The largest absolute Gasteiger partial charge is 0.482 e. The Morgan fingerprint density at radius 1 is 1.05 bits per heavy atom. The lowest BCUT2D eigenvalue weighted by molar-refractivity contribution is -0.139. The monoisotopic (exact) mass is 520 g/mol. The number of amides is 1. The van der Waals surface area contributed by atoms with Crippen molar-refractivity contribution in [2.45, 2.75) is 46.3 Å². The first-order valence-corrected chi connectivity index (χ1v) is 12.2. The second-order valence-electron chi connectivity index (χ2n) is 9.98. The number of carboxylic acid groups (broad SMARTS) is 1. The van der Waals surface area contributed by atoms with Crippen LogP contribution in [0.25, 0.3) is 17.0 Å². The molecule has 1 heterocycles. The zero-order chi connectivity index (χ0) is 28.0. The van der Waals surface area contributed by atoms with Gasteiger partial charge in [0, 0.05) is 34.8 Å². The van der Waals surface area contributed by atoms with Crippen LogP contribution in [-0.2, 0) is 14.3 Å². The van der Waals surface area contributed by atoms with Crippen molar-refractivity contribution in [1.82, 2.24) is 9.47 Å². The standard InChI is InChI=1S/C29H32N2O7/c1-19(2)30(17-25(32)20-9-8-10-22(15-20)37-18-27(34)35)26(33)14-13-21-16-31(28(36)38-29(3,4)5)24-12-7-6-11-23(21)24/h6-16,19H,17-18H2,1-5H3,(H,34,35)/b14-13+. The van der Waals surface area contributed by atoms with Gasteiger partial charge in [-0.2, -0.15) is 0 Å². The smallest absolute Gasteiger partial charge is 0.419 e. The lowest BCUT2D eigenvalue weighted by Gasteiger charge is -2.24. The number of ether oxygens (including phenoxy) is 2. The highest BCUT2D eigenvalue weighted by molar-refractivity contribution is 6.03. The van der Waals surface area contributed by atoms with Gasteiger partial charge in [-0.3, -0.25) is 14.2 Å². The first kappa shape index (κ1) is 28.2. The fourth-order valence-electron chi connectivity index (χ4n) is 3.72. The number of ketones is 1. The number of para-hydroxylation sites is 1. The van der Waals surface area contributed by atoms with E-state index in [0.29, 0.717) is 16.6 Å². The molecule has 1 amide bonds. The maximum absolute atomic E-state index is 13.1. The van der Waals surface area contributed by atoms with Crippen molar-refractivity contribution in [2.75, 3.05) is 13.2 Å². The van der Waals surface area contributed by atoms with E-state index >= 15 is 0 Å². The summed E-state index contributed by atoms with van der Waals surface area (Å²) in [5.74, 6) is -1.57. The Morgan fingerprint density at radius 3 is 2.42 bits per heavy atom. The van der Waals surface area contributed by atoms with E-state index in [-0.39, 0.29) is 30.0 Å². The summed E-state index contributed by atoms with van der Waals surface area (Å²) in [4.78, 5) is 51.0. The van der Waals surface area contributed by atoms with Crippen molar-refractivity contribution in [3.8, 4) is 5.75 Å². The molecule has 200 valence electrons. The first-order valence-electron chi connectivity index (χ1n) is 12.2. The summed E-state index contributed by atoms with van der Waals surface area (Å²) in [6.45, 7) is 8.28. The third-order valence-corrected chi connectivity index (χ3v) is 5.48. The summed E-state index contributed by atoms with van der Waals surface area (Å²) < 4.78 is 12.1. The van der Waals surface area contributed by atoms with Gasteiger partial charge < -0.3 is 19.5 Å². The second kappa shape index (κ2) is 11.8. The first-order chi connectivity index (χ1) is 17.9. The Kier molecular flexibility index (Phi) is 8.72. The lowest BCUT2D eigenvalue weighted by atomic mass is 10.1. The van der Waals surface area contributed by atoms with E-state index in [4.69, 9.17) is 14.6 Å². The summed E-state index contributed by atoms with van der Waals surface area (Å²) in [6, 6.07) is 13.2. The minimum atomic E-state index is -1.13. The Morgan fingerprint density at radius 2 is 1.76 bits per heavy atom. The molecule has 9 heteroatoms. The number of carbonyl (C=O) groups excluding carboxylic acids is 3. The Labute approximate surface area is 221 Å². The Balaban J connectivity index is 1.80. The maximum atomic E-state index is 13.1. The molecule has 2 aromatic carbocycles. The fourth-order valence-corrected chi connectivity index (χ4v) is 3.72. The van der Waals surface area contributed by atoms with Crippen LogP contribution >= 0.6 is 0 Å². The molecule has 3 rings (SSSR count). The molecule has 0 saturated carbocycles. The van der Waals surface area contributed by atoms with Crippen LogP contribution in [0, 0.1) is 0 Å². The van der Waals surface area contributed by atoms with Crippen LogP contribution < -0.4 is 4.74 Å². The highest BCUT2D eigenvalue weighted by atomic mass is 16.6. The molecule has 0 spiro atoms. The molecule has 9 nitrogen and oxygen atoms in total. The number of fused-ring (bicyclic) bond motifs is 1. The third-order valence-electron chi connectivity index (χ3n) is 5.48. The van der Waals surface area contributed by atoms with Gasteiger partial charge in [0.05, 0.1) is 12.1 Å². The van der Waals surface area contributed by atoms with Gasteiger partial charge in [0.1, 0.15) is 11.4 Å². The van der Waals surface area contributed by atoms with Crippen molar-refractivity contribution in [1.29, 1.82) is 0 Å². The third kappa shape index (κ3) is 7.32. The van der Waals surface area contributed by atoms with Crippen molar-refractivity contribution in [2.24, 2.45) is 0 Å². The van der Waals surface area contributed by atoms with Crippen molar-refractivity contribution in [3.05, 3.63) is 71.9 Å². The highest BCUT2D eigenvalue weighted by Crippen LogP contribution is 2.24. The van der Waals surface area contributed by atoms with E-state index in [1.165, 1.54) is 21.6 Å². The molecule has 0 aliphatic carbocycles. The van der Waals surface area contributed by atoms with Gasteiger partial charge in [-0.1, -0.05) is 30.3 Å². The number of carboxylic acids is 1. The fraction of sp³-hybridized carbons (Fsp3) is 0.310. The van der Waals surface area contributed by atoms with Crippen LogP contribution in [-0.4, -0.2) is 63.1 Å². The molecule has 0 aliphatic rings. The van der Waals surface area contributed by atoms with E-state index in [2.05, 4.69) is 0 Å². The van der Waals surface area contributed by atoms with Gasteiger partial charge in [0.15, 0.2) is 12.4 Å². The molecule has 0 saturated heterocycles. The SMILES string of the molecule is CC(C)N(CC(=O)c1cccc(OCC(=O)O)c1)C(=O)/C=C/c1cn(C(=O)OC(C)(C)C)c2ccccc12. The van der Waals surface area contributed by atoms with E-state index < -0.39 is 24.3 Å². The molecular formula is C29H32N2O7. The molecule has 0 aliphatic heterocycles. The van der Waals surface area contributed by atoms with Gasteiger partial charge in [0.2, 0.25) is 5.91 Å². The summed E-state index contributed by atoms with van der Waals surface area (Å²) in [5, 5.41) is 9.56. The number of aliphatic carboxylic acids is 1. The molecule has 1 aromatic heterocycles. The number of nitrogens with zero attached hydrogens (tertiary/aromatic N) is 2. The van der Waals surface area contributed by atoms with E-state index in [1.807, 2.05) is 18.2 Å². The zero-order valence-corrected chi connectivity index (χ0v) is 22.1. The molecule has 0 bridgehead atoms. The summed E-state index contributed by atoms with van der Waals surface area (Å²) in [6.07, 6.45) is 4.09. The van der Waals surface area contributed by atoms with E-state index in [1.54, 1.807) is 71.2 Å². The minimum absolute atomic E-state index is 0.178. The maximum Gasteiger partial charge on any atom is 0.419 e. The number of rotatable bonds is 9. The number of benzene rings is 2. The number of aromatic nitrogens is 1. The normalized spacial score (nSPS) is 11.6. The van der Waals surface area contributed by atoms with Crippen LogP contribution in [0.5, 0.6) is 5.75 Å². The summed E-state index contributed by atoms with van der Waals surface area (Å²) in [7, 11) is 0. The second-order valence-corrected chi connectivity index (χ2v) is 9.98. The molecule has 3 aromatic rings. The molecule has 1 N–H and O–H groups in total. The molecule has 0 fully saturated rings. The molecule has 38 heavy (non-hydrogen) atoms. The highest BCUT2D eigenvalue weighted by Gasteiger charge is 2.22. The van der Waals surface area contributed by atoms with E-state index in [0.717, 1.165) is 5.39 Å². The van der Waals surface area contributed by atoms with Gasteiger partial charge in [0.25, 0.3) is 0 Å². The van der Waals surface area contributed by atoms with Gasteiger partial charge >= 0.3 is 12.1 Å². The van der Waals surface area contributed by atoms with Gasteiger partial charge in [-0.25, -0.2) is 9.59 Å². The van der Waals surface area contributed by atoms with Gasteiger partial charge in [-0.05, 0) is 58.9 Å². The topological polar surface area (TPSA) is 115 Å². The van der Waals surface area contributed by atoms with E-state index in [9.17, 15) is 19.2 Å². The van der Waals surface area contributed by atoms with Crippen molar-refractivity contribution in [3.63, 3.8) is 0 Å². The van der Waals surface area contributed by atoms with Gasteiger partial charge in [-0.15, -0.1) is 0 Å². The van der Waals surface area contributed by atoms with Crippen LogP contribution in [0.4, 0.5) is 4.79 Å². The number of carbonyl (C=O) groups is 4. The number of hydrogen-bond acceptors (Lipinski definition) is 6. The average Bonchev–Trinajstić information content (AvgIpc) is 3.22. The minimum Gasteiger partial charge on any atom is -0.482 e. The summed E-state index contributed by atoms with van der Waals surface area (Å²) >= 11 is 0. The molecular weight excluding hydrogens is 488 g/mol. The molecule has 0 radical (unpaired) electrons. The molecule has 0 atom stereocenters. The van der Waals surface area contributed by atoms with Crippen LogP contribution in [0.15, 0.2) is 60.8 Å². The number of hydrogen-bond donors (Lipinski definition) is 1. The Bertz CT molecular complexity index is 1380. The zero-order valence-electron chi connectivity index (χ0n) is 22.1. The van der Waals surface area contributed by atoms with Crippen molar-refractivity contribution < 1.29 is 33.8 Å². The Hall–Kier alpha value is -4.40. The molecule has 0 unspecified atom stereocenters. The quantitative estimate of drug-likeness (QED) is 0.311. The summed E-state index contributed by atoms with van der Waals surface area (Å²) in [5.41, 5.74) is 0.935. The van der Waals surface area contributed by atoms with Crippen molar-refractivity contribution >= 4 is 40.7 Å². The van der Waals surface area contributed by atoms with Crippen LogP contribution in [0.3, 0.4) is 0 Å². The number of Topliss-reactive ketones (excluding diaryl/α,β-unsaturated/α-hetero) is 1. The van der Waals surface area contributed by atoms with Crippen LogP contribution in [0.2, 0.25) is 0 Å². The predicted octanol–water partition coefficient (Wildman–Crippen LogP) is 5.02. The predicted molar refractivity (Wildman–Crippen MR) is 143 cm³/mol. The average molecular weight is 521 g/mol.